The topological polar surface area (TPSA) is 82.6 Å². The molecular formula is C29H31N3O4. The highest BCUT2D eigenvalue weighted by atomic mass is 16.6. The Labute approximate surface area is 211 Å². The van der Waals surface area contributed by atoms with E-state index in [0.29, 0.717) is 12.4 Å². The van der Waals surface area contributed by atoms with E-state index in [1.54, 1.807) is 18.6 Å². The molecule has 4 aromatic rings. The molecule has 0 fully saturated rings. The molecule has 186 valence electrons. The molecule has 0 saturated heterocycles. The van der Waals surface area contributed by atoms with Crippen molar-refractivity contribution < 1.29 is 19.0 Å². The minimum absolute atomic E-state index is 0.197. The van der Waals surface area contributed by atoms with Gasteiger partial charge in [0.25, 0.3) is 0 Å². The van der Waals surface area contributed by atoms with Gasteiger partial charge in [0.1, 0.15) is 18.0 Å². The molecule has 0 aliphatic heterocycles. The number of rotatable bonds is 9. The van der Waals surface area contributed by atoms with Crippen molar-refractivity contribution in [3.05, 3.63) is 91.0 Å². The Morgan fingerprint density at radius 3 is 2.53 bits per heavy atom. The van der Waals surface area contributed by atoms with Gasteiger partial charge < -0.3 is 19.5 Å². The summed E-state index contributed by atoms with van der Waals surface area (Å²) in [6.45, 7) is 6.36. The van der Waals surface area contributed by atoms with E-state index in [1.165, 1.54) is 0 Å². The lowest BCUT2D eigenvalue weighted by molar-refractivity contribution is 0.0381. The van der Waals surface area contributed by atoms with Crippen molar-refractivity contribution in [2.24, 2.45) is 0 Å². The zero-order chi connectivity index (χ0) is 25.4. The van der Waals surface area contributed by atoms with E-state index < -0.39 is 17.7 Å². The van der Waals surface area contributed by atoms with Crippen LogP contribution in [0.5, 0.6) is 5.75 Å². The molecule has 0 bridgehead atoms. The number of alkyl carbamates (subject to hydrolysis) is 1. The van der Waals surface area contributed by atoms with Crippen LogP contribution in [-0.4, -0.2) is 40.9 Å². The van der Waals surface area contributed by atoms with Crippen LogP contribution in [0, 0.1) is 0 Å². The molecule has 0 spiro atoms. The quantitative estimate of drug-likeness (QED) is 0.323. The van der Waals surface area contributed by atoms with Gasteiger partial charge in [-0.05, 0) is 55.5 Å². The summed E-state index contributed by atoms with van der Waals surface area (Å²) in [5, 5.41) is 5.04. The van der Waals surface area contributed by atoms with Crippen molar-refractivity contribution in [1.82, 2.24) is 15.3 Å². The third-order valence-corrected chi connectivity index (χ3v) is 5.29. The summed E-state index contributed by atoms with van der Waals surface area (Å²) in [5.41, 5.74) is 2.41. The van der Waals surface area contributed by atoms with Crippen LogP contribution in [0.1, 0.15) is 26.3 Å². The number of ether oxygens (including phenoxy) is 3. The summed E-state index contributed by atoms with van der Waals surface area (Å²) in [7, 11) is 0. The van der Waals surface area contributed by atoms with Crippen molar-refractivity contribution in [2.45, 2.75) is 39.0 Å². The van der Waals surface area contributed by atoms with Crippen LogP contribution in [0.2, 0.25) is 0 Å². The van der Waals surface area contributed by atoms with Crippen molar-refractivity contribution >= 4 is 16.9 Å². The van der Waals surface area contributed by atoms with Crippen LogP contribution in [0.25, 0.3) is 21.9 Å². The number of pyridine rings is 2. The second kappa shape index (κ2) is 11.6. The number of hydrogen-bond acceptors (Lipinski definition) is 6. The minimum atomic E-state index is -0.603. The van der Waals surface area contributed by atoms with Crippen LogP contribution in [0.4, 0.5) is 4.79 Å². The maximum Gasteiger partial charge on any atom is 0.408 e. The van der Waals surface area contributed by atoms with Gasteiger partial charge in [-0.1, -0.05) is 42.5 Å². The average Bonchev–Trinajstić information content (AvgIpc) is 2.86. The van der Waals surface area contributed by atoms with Crippen LogP contribution >= 0.6 is 0 Å². The highest BCUT2D eigenvalue weighted by Gasteiger charge is 2.20. The van der Waals surface area contributed by atoms with Crippen molar-refractivity contribution in [3.8, 4) is 16.9 Å². The number of aromatic nitrogens is 2. The van der Waals surface area contributed by atoms with Gasteiger partial charge in [-0.15, -0.1) is 0 Å². The Morgan fingerprint density at radius 2 is 1.72 bits per heavy atom. The second-order valence-electron chi connectivity index (χ2n) is 9.50. The molecule has 2 aromatic carbocycles. The standard InChI is InChI=1S/C29H31N3O4/c1-29(2,3)36-28(33)32-26(19-34-18-21-7-5-4-6-8-21)20-35-27-14-25(16-31-17-27)22-9-10-24-15-30-12-11-23(24)13-22/h4-17,26H,18-20H2,1-3H3,(H,32,33)/t26-/m0/s1. The first-order chi connectivity index (χ1) is 17.4. The molecule has 0 radical (unpaired) electrons. The van der Waals surface area contributed by atoms with Gasteiger partial charge in [0.2, 0.25) is 0 Å². The SMILES string of the molecule is CC(C)(C)OC(=O)N[C@@H](COCc1ccccc1)COc1cncc(-c2ccc3cnccc3c2)c1. The molecule has 1 atom stereocenters. The largest absolute Gasteiger partial charge is 0.490 e. The second-order valence-corrected chi connectivity index (χ2v) is 9.50. The lowest BCUT2D eigenvalue weighted by Crippen LogP contribution is -2.44. The third-order valence-electron chi connectivity index (χ3n) is 5.29. The monoisotopic (exact) mass is 485 g/mol. The molecule has 0 unspecified atom stereocenters. The number of fused-ring (bicyclic) bond motifs is 1. The molecule has 7 heteroatoms. The van der Waals surface area contributed by atoms with Gasteiger partial charge in [-0.2, -0.15) is 0 Å². The Hall–Kier alpha value is -3.97. The number of nitrogens with zero attached hydrogens (tertiary/aromatic N) is 2. The lowest BCUT2D eigenvalue weighted by atomic mass is 10.0. The van der Waals surface area contributed by atoms with E-state index in [2.05, 4.69) is 21.4 Å². The van der Waals surface area contributed by atoms with E-state index in [-0.39, 0.29) is 13.2 Å². The highest BCUT2D eigenvalue weighted by molar-refractivity contribution is 5.86. The number of amides is 1. The first-order valence-corrected chi connectivity index (χ1v) is 11.9. The van der Waals surface area contributed by atoms with Crippen molar-refractivity contribution in [2.75, 3.05) is 13.2 Å². The molecule has 0 aliphatic rings. The fourth-order valence-corrected chi connectivity index (χ4v) is 3.61. The Balaban J connectivity index is 1.42. The van der Waals surface area contributed by atoms with Crippen molar-refractivity contribution in [1.29, 1.82) is 0 Å². The third kappa shape index (κ3) is 7.52. The van der Waals surface area contributed by atoms with E-state index in [9.17, 15) is 4.79 Å². The molecule has 2 aromatic heterocycles. The summed E-state index contributed by atoms with van der Waals surface area (Å²) in [5.74, 6) is 0.598. The van der Waals surface area contributed by atoms with E-state index in [4.69, 9.17) is 14.2 Å². The molecular weight excluding hydrogens is 454 g/mol. The molecule has 4 rings (SSSR count). The molecule has 36 heavy (non-hydrogen) atoms. The number of carbonyl (C=O) groups excluding carboxylic acids is 1. The first kappa shape index (κ1) is 25.1. The van der Waals surface area contributed by atoms with E-state index in [0.717, 1.165) is 27.5 Å². The number of hydrogen-bond donors (Lipinski definition) is 1. The number of benzene rings is 2. The maximum absolute atomic E-state index is 12.4. The van der Waals surface area contributed by atoms with Gasteiger partial charge in [0.15, 0.2) is 0 Å². The summed E-state index contributed by atoms with van der Waals surface area (Å²) >= 11 is 0. The van der Waals surface area contributed by atoms with Gasteiger partial charge in [-0.25, -0.2) is 4.79 Å². The normalized spacial score (nSPS) is 12.2. The van der Waals surface area contributed by atoms with E-state index in [1.807, 2.05) is 81.6 Å². The fraction of sp³-hybridized carbons (Fsp3) is 0.276. The molecule has 1 N–H and O–H groups in total. The van der Waals surface area contributed by atoms with Gasteiger partial charge in [0, 0.05) is 29.5 Å². The predicted molar refractivity (Wildman–Crippen MR) is 140 cm³/mol. The highest BCUT2D eigenvalue weighted by Crippen LogP contribution is 2.26. The molecule has 1 amide bonds. The summed E-state index contributed by atoms with van der Waals surface area (Å²) < 4.78 is 17.3. The van der Waals surface area contributed by atoms with Crippen molar-refractivity contribution in [3.63, 3.8) is 0 Å². The average molecular weight is 486 g/mol. The van der Waals surface area contributed by atoms with Crippen LogP contribution in [0.3, 0.4) is 0 Å². The predicted octanol–water partition coefficient (Wildman–Crippen LogP) is 5.79. The van der Waals surface area contributed by atoms with Crippen LogP contribution < -0.4 is 10.1 Å². The van der Waals surface area contributed by atoms with Gasteiger partial charge in [-0.3, -0.25) is 9.97 Å². The molecule has 0 aliphatic carbocycles. The maximum atomic E-state index is 12.4. The fourth-order valence-electron chi connectivity index (χ4n) is 3.61. The van der Waals surface area contributed by atoms with Crippen LogP contribution in [0.15, 0.2) is 85.5 Å². The minimum Gasteiger partial charge on any atom is -0.490 e. The molecule has 7 nitrogen and oxygen atoms in total. The zero-order valence-electron chi connectivity index (χ0n) is 20.8. The summed E-state index contributed by atoms with van der Waals surface area (Å²) in [6, 6.07) is 19.5. The first-order valence-electron chi connectivity index (χ1n) is 11.9. The number of nitrogens with one attached hydrogen (secondary N) is 1. The zero-order valence-corrected chi connectivity index (χ0v) is 20.8. The summed E-state index contributed by atoms with van der Waals surface area (Å²) in [6.07, 6.45) is 6.56. The van der Waals surface area contributed by atoms with E-state index >= 15 is 0 Å². The Morgan fingerprint density at radius 1 is 0.889 bits per heavy atom. The Bertz CT molecular complexity index is 1290. The lowest BCUT2D eigenvalue weighted by Gasteiger charge is -2.24. The molecule has 2 heterocycles. The summed E-state index contributed by atoms with van der Waals surface area (Å²) in [4.78, 5) is 20.9. The van der Waals surface area contributed by atoms with Gasteiger partial charge >= 0.3 is 6.09 Å². The Kier molecular flexibility index (Phi) is 8.13. The van der Waals surface area contributed by atoms with Gasteiger partial charge in [0.05, 0.1) is 25.5 Å². The molecule has 0 saturated carbocycles. The van der Waals surface area contributed by atoms with Crippen LogP contribution in [-0.2, 0) is 16.1 Å². The number of carbonyl (C=O) groups is 1. The smallest absolute Gasteiger partial charge is 0.408 e.